The van der Waals surface area contributed by atoms with E-state index in [0.29, 0.717) is 12.6 Å². The van der Waals surface area contributed by atoms with E-state index in [4.69, 9.17) is 9.47 Å². The van der Waals surface area contributed by atoms with Gasteiger partial charge in [-0.1, -0.05) is 37.3 Å². The second kappa shape index (κ2) is 10.3. The quantitative estimate of drug-likeness (QED) is 0.737. The predicted octanol–water partition coefficient (Wildman–Crippen LogP) is 3.81. The number of hydrogen-bond donors (Lipinski definition) is 1. The van der Waals surface area contributed by atoms with Crippen LogP contribution >= 0.6 is 0 Å². The smallest absolute Gasteiger partial charge is 0.261 e. The van der Waals surface area contributed by atoms with Gasteiger partial charge >= 0.3 is 0 Å². The highest BCUT2D eigenvalue weighted by Gasteiger charge is 2.18. The van der Waals surface area contributed by atoms with Crippen molar-refractivity contribution in [1.29, 1.82) is 0 Å². The summed E-state index contributed by atoms with van der Waals surface area (Å²) in [6.45, 7) is 6.49. The highest BCUT2D eigenvalue weighted by atomic mass is 16.5. The number of carbonyl (C=O) groups excluding carboxylic acids is 1. The zero-order valence-electron chi connectivity index (χ0n) is 17.7. The molecule has 5 nitrogen and oxygen atoms in total. The summed E-state index contributed by atoms with van der Waals surface area (Å²) in [7, 11) is 2.15. The highest BCUT2D eigenvalue weighted by molar-refractivity contribution is 5.80. The van der Waals surface area contributed by atoms with E-state index in [2.05, 4.69) is 24.2 Å². The number of piperidine rings is 1. The summed E-state index contributed by atoms with van der Waals surface area (Å²) < 4.78 is 11.9. The molecule has 0 radical (unpaired) electrons. The molecule has 0 spiro atoms. The molecular formula is C24H32N2O3. The highest BCUT2D eigenvalue weighted by Crippen LogP contribution is 2.21. The van der Waals surface area contributed by atoms with E-state index in [1.165, 1.54) is 0 Å². The van der Waals surface area contributed by atoms with Gasteiger partial charge in [0, 0.05) is 19.6 Å². The number of carbonyl (C=O) groups is 1. The Labute approximate surface area is 174 Å². The van der Waals surface area contributed by atoms with E-state index >= 15 is 0 Å². The zero-order chi connectivity index (χ0) is 20.6. The molecule has 3 rings (SSSR count). The first-order valence-corrected chi connectivity index (χ1v) is 10.5. The van der Waals surface area contributed by atoms with Gasteiger partial charge < -0.3 is 19.7 Å². The molecule has 1 amide bonds. The van der Waals surface area contributed by atoms with Crippen molar-refractivity contribution < 1.29 is 14.3 Å². The van der Waals surface area contributed by atoms with Gasteiger partial charge in [-0.2, -0.15) is 0 Å². The Hall–Kier alpha value is -2.53. The number of likely N-dealkylation sites (tertiary alicyclic amines) is 1. The number of amides is 1. The van der Waals surface area contributed by atoms with Gasteiger partial charge in [0.05, 0.1) is 0 Å². The van der Waals surface area contributed by atoms with Gasteiger partial charge in [0.1, 0.15) is 17.6 Å². The van der Waals surface area contributed by atoms with Crippen LogP contribution in [0.4, 0.5) is 0 Å². The van der Waals surface area contributed by atoms with Gasteiger partial charge in [0.25, 0.3) is 5.91 Å². The summed E-state index contributed by atoms with van der Waals surface area (Å²) in [6, 6.07) is 15.8. The van der Waals surface area contributed by atoms with Gasteiger partial charge in [-0.25, -0.2) is 0 Å². The molecule has 0 aromatic heterocycles. The second-order valence-corrected chi connectivity index (χ2v) is 7.70. The average Bonchev–Trinajstić information content (AvgIpc) is 2.75. The molecule has 0 saturated carbocycles. The van der Waals surface area contributed by atoms with E-state index in [1.54, 1.807) is 6.92 Å². The largest absolute Gasteiger partial charge is 0.490 e. The number of hydrogen-bond acceptors (Lipinski definition) is 4. The minimum atomic E-state index is -0.547. The van der Waals surface area contributed by atoms with Gasteiger partial charge in [-0.15, -0.1) is 0 Å². The molecule has 2 aromatic rings. The summed E-state index contributed by atoms with van der Waals surface area (Å²) in [4.78, 5) is 14.7. The SMILES string of the molecule is CCc1ccccc1OC(C)C(=O)NCc1ccc(OC2CCN(C)CC2)cc1. The van der Waals surface area contributed by atoms with E-state index < -0.39 is 6.10 Å². The van der Waals surface area contributed by atoms with Gasteiger partial charge in [0.2, 0.25) is 0 Å². The van der Waals surface area contributed by atoms with Crippen molar-refractivity contribution in [3.63, 3.8) is 0 Å². The van der Waals surface area contributed by atoms with Crippen LogP contribution in [0.2, 0.25) is 0 Å². The van der Waals surface area contributed by atoms with Crippen molar-refractivity contribution in [2.75, 3.05) is 20.1 Å². The van der Waals surface area contributed by atoms with Crippen molar-refractivity contribution in [3.05, 3.63) is 59.7 Å². The van der Waals surface area contributed by atoms with Crippen LogP contribution in [0, 0.1) is 0 Å². The molecule has 29 heavy (non-hydrogen) atoms. The standard InChI is InChI=1S/C24H32N2O3/c1-4-20-7-5-6-8-23(20)28-18(2)24(27)25-17-19-9-11-21(12-10-19)29-22-13-15-26(3)16-14-22/h5-12,18,22H,4,13-17H2,1-3H3,(H,25,27). The molecule has 1 saturated heterocycles. The Morgan fingerprint density at radius 1 is 1.14 bits per heavy atom. The minimum Gasteiger partial charge on any atom is -0.490 e. The molecule has 1 heterocycles. The summed E-state index contributed by atoms with van der Waals surface area (Å²) >= 11 is 0. The van der Waals surface area contributed by atoms with Crippen LogP contribution in [0.25, 0.3) is 0 Å². The van der Waals surface area contributed by atoms with Crippen LogP contribution in [0.5, 0.6) is 11.5 Å². The van der Waals surface area contributed by atoms with Crippen molar-refractivity contribution >= 4 is 5.91 Å². The first-order chi connectivity index (χ1) is 14.0. The van der Waals surface area contributed by atoms with E-state index in [1.807, 2.05) is 48.5 Å². The summed E-state index contributed by atoms with van der Waals surface area (Å²) in [5.41, 5.74) is 2.14. The molecule has 0 aliphatic carbocycles. The maximum Gasteiger partial charge on any atom is 0.261 e. The predicted molar refractivity (Wildman–Crippen MR) is 115 cm³/mol. The number of para-hydroxylation sites is 1. The normalized spacial score (nSPS) is 16.2. The fraction of sp³-hybridized carbons (Fsp3) is 0.458. The molecule has 156 valence electrons. The Morgan fingerprint density at radius 2 is 1.83 bits per heavy atom. The first kappa shape index (κ1) is 21.2. The topological polar surface area (TPSA) is 50.8 Å². The Kier molecular flexibility index (Phi) is 7.53. The molecule has 1 aliphatic rings. The van der Waals surface area contributed by atoms with Crippen LogP contribution in [-0.2, 0) is 17.8 Å². The zero-order valence-corrected chi connectivity index (χ0v) is 17.7. The number of rotatable bonds is 8. The summed E-state index contributed by atoms with van der Waals surface area (Å²) in [5.74, 6) is 1.54. The summed E-state index contributed by atoms with van der Waals surface area (Å²) in [6.07, 6.45) is 2.74. The molecule has 1 fully saturated rings. The van der Waals surface area contributed by atoms with Crippen LogP contribution in [0.3, 0.4) is 0 Å². The number of aryl methyl sites for hydroxylation is 1. The van der Waals surface area contributed by atoms with Gasteiger partial charge in [-0.05, 0) is 62.6 Å². The lowest BCUT2D eigenvalue weighted by Crippen LogP contribution is -2.36. The maximum atomic E-state index is 12.4. The van der Waals surface area contributed by atoms with Crippen LogP contribution in [0.1, 0.15) is 37.8 Å². The third-order valence-electron chi connectivity index (χ3n) is 5.38. The Bertz CT molecular complexity index is 783. The number of ether oxygens (including phenoxy) is 2. The molecule has 0 bridgehead atoms. The van der Waals surface area contributed by atoms with Crippen molar-refractivity contribution in [3.8, 4) is 11.5 Å². The van der Waals surface area contributed by atoms with E-state index in [9.17, 15) is 4.79 Å². The van der Waals surface area contributed by atoms with Crippen LogP contribution < -0.4 is 14.8 Å². The molecular weight excluding hydrogens is 364 g/mol. The summed E-state index contributed by atoms with van der Waals surface area (Å²) in [5, 5.41) is 2.95. The van der Waals surface area contributed by atoms with Gasteiger partial charge in [0.15, 0.2) is 6.10 Å². The molecule has 1 aliphatic heterocycles. The third kappa shape index (κ3) is 6.23. The molecule has 1 N–H and O–H groups in total. The molecule has 1 atom stereocenters. The number of nitrogens with zero attached hydrogens (tertiary/aromatic N) is 1. The fourth-order valence-corrected chi connectivity index (χ4v) is 3.47. The third-order valence-corrected chi connectivity index (χ3v) is 5.38. The van der Waals surface area contributed by atoms with Crippen LogP contribution in [0.15, 0.2) is 48.5 Å². The lowest BCUT2D eigenvalue weighted by molar-refractivity contribution is -0.127. The lowest BCUT2D eigenvalue weighted by Gasteiger charge is -2.29. The first-order valence-electron chi connectivity index (χ1n) is 10.5. The Balaban J connectivity index is 1.46. The second-order valence-electron chi connectivity index (χ2n) is 7.70. The maximum absolute atomic E-state index is 12.4. The van der Waals surface area contributed by atoms with E-state index in [0.717, 1.165) is 55.0 Å². The van der Waals surface area contributed by atoms with Crippen LogP contribution in [-0.4, -0.2) is 43.2 Å². The van der Waals surface area contributed by atoms with Crippen molar-refractivity contribution in [2.24, 2.45) is 0 Å². The lowest BCUT2D eigenvalue weighted by atomic mass is 10.1. The molecule has 5 heteroatoms. The average molecular weight is 397 g/mol. The molecule has 1 unspecified atom stereocenters. The van der Waals surface area contributed by atoms with Crippen molar-refractivity contribution in [2.45, 2.75) is 51.9 Å². The minimum absolute atomic E-state index is 0.123. The monoisotopic (exact) mass is 396 g/mol. The number of benzene rings is 2. The van der Waals surface area contributed by atoms with E-state index in [-0.39, 0.29) is 5.91 Å². The van der Waals surface area contributed by atoms with Gasteiger partial charge in [-0.3, -0.25) is 4.79 Å². The van der Waals surface area contributed by atoms with Crippen molar-refractivity contribution in [1.82, 2.24) is 10.2 Å². The fourth-order valence-electron chi connectivity index (χ4n) is 3.47. The Morgan fingerprint density at radius 3 is 2.52 bits per heavy atom. The number of nitrogens with one attached hydrogen (secondary N) is 1. The molecule has 2 aromatic carbocycles.